The molecule has 1 atom stereocenters. The largest absolute Gasteiger partial charge is 0.377 e. The van der Waals surface area contributed by atoms with Crippen LogP contribution in [-0.4, -0.2) is 60.3 Å². The van der Waals surface area contributed by atoms with Gasteiger partial charge in [0.05, 0.1) is 55.0 Å². The molecule has 154 valence electrons. The van der Waals surface area contributed by atoms with Crippen molar-refractivity contribution in [1.82, 2.24) is 34.5 Å². The van der Waals surface area contributed by atoms with Crippen molar-refractivity contribution in [2.75, 3.05) is 30.0 Å². The van der Waals surface area contributed by atoms with Crippen LogP contribution in [0.3, 0.4) is 0 Å². The molecule has 1 aliphatic rings. The predicted octanol–water partition coefficient (Wildman–Crippen LogP) is 1.97. The van der Waals surface area contributed by atoms with E-state index in [-0.39, 0.29) is 0 Å². The van der Waals surface area contributed by atoms with Crippen LogP contribution in [0.15, 0.2) is 43.0 Å². The predicted molar refractivity (Wildman–Crippen MR) is 113 cm³/mol. The van der Waals surface area contributed by atoms with Gasteiger partial charge in [-0.3, -0.25) is 4.68 Å². The number of morpholine rings is 1. The van der Waals surface area contributed by atoms with Gasteiger partial charge in [0.1, 0.15) is 5.82 Å². The molecular weight excluding hydrogens is 382 g/mol. The van der Waals surface area contributed by atoms with E-state index in [1.165, 1.54) is 0 Å². The summed E-state index contributed by atoms with van der Waals surface area (Å²) < 4.78 is 9.11. The Morgan fingerprint density at radius 3 is 2.93 bits per heavy atom. The Morgan fingerprint density at radius 1 is 1.17 bits per heavy atom. The number of hydrogen-bond donors (Lipinski definition) is 1. The maximum absolute atomic E-state index is 5.54. The zero-order valence-electron chi connectivity index (χ0n) is 16.9. The summed E-state index contributed by atoms with van der Waals surface area (Å²) in [4.78, 5) is 16.2. The molecule has 0 saturated carbocycles. The van der Waals surface area contributed by atoms with Crippen LogP contribution in [0.2, 0.25) is 0 Å². The Labute approximate surface area is 173 Å². The third-order valence-electron chi connectivity index (χ3n) is 5.10. The monoisotopic (exact) mass is 405 g/mol. The van der Waals surface area contributed by atoms with Gasteiger partial charge < -0.3 is 15.0 Å². The Balaban J connectivity index is 1.40. The molecular formula is C20H23N9O. The lowest BCUT2D eigenvalue weighted by Crippen LogP contribution is -2.44. The zero-order chi connectivity index (χ0) is 20.5. The van der Waals surface area contributed by atoms with Gasteiger partial charge in [0.2, 0.25) is 5.95 Å². The van der Waals surface area contributed by atoms with E-state index in [0.717, 1.165) is 48.0 Å². The summed E-state index contributed by atoms with van der Waals surface area (Å²) in [7, 11) is 1.86. The van der Waals surface area contributed by atoms with E-state index >= 15 is 0 Å². The highest BCUT2D eigenvalue weighted by atomic mass is 16.5. The van der Waals surface area contributed by atoms with Gasteiger partial charge in [-0.1, -0.05) is 6.07 Å². The first-order valence-corrected chi connectivity index (χ1v) is 9.90. The molecule has 10 nitrogen and oxygen atoms in total. The van der Waals surface area contributed by atoms with Crippen LogP contribution in [0.25, 0.3) is 11.0 Å². The van der Waals surface area contributed by atoms with Crippen molar-refractivity contribution < 1.29 is 4.74 Å². The number of nitrogens with one attached hydrogen (secondary N) is 1. The molecule has 0 aromatic carbocycles. The molecule has 4 aromatic rings. The number of fused-ring (bicyclic) bond motifs is 1. The van der Waals surface area contributed by atoms with Crippen LogP contribution >= 0.6 is 0 Å². The molecule has 5 rings (SSSR count). The van der Waals surface area contributed by atoms with Crippen molar-refractivity contribution >= 4 is 28.5 Å². The van der Waals surface area contributed by atoms with Gasteiger partial charge in [-0.05, 0) is 19.1 Å². The van der Waals surface area contributed by atoms with Gasteiger partial charge in [0.25, 0.3) is 0 Å². The van der Waals surface area contributed by atoms with Crippen molar-refractivity contribution in [1.29, 1.82) is 0 Å². The summed E-state index contributed by atoms with van der Waals surface area (Å²) in [6.07, 6.45) is 7.14. The average molecular weight is 405 g/mol. The molecule has 4 aromatic heterocycles. The van der Waals surface area contributed by atoms with Crippen LogP contribution in [0.4, 0.5) is 17.5 Å². The SMILES string of the molecule is C[C@@H]1COCCN1c1cccc(Cn2ncc3cnc(Nc4cnn(C)c4)nc32)n1. The second-order valence-electron chi connectivity index (χ2n) is 7.41. The molecule has 10 heteroatoms. The highest BCUT2D eigenvalue weighted by Gasteiger charge is 2.20. The molecule has 0 unspecified atom stereocenters. The number of nitrogens with zero attached hydrogens (tertiary/aromatic N) is 8. The van der Waals surface area contributed by atoms with E-state index in [9.17, 15) is 0 Å². The molecule has 1 N–H and O–H groups in total. The van der Waals surface area contributed by atoms with E-state index in [0.29, 0.717) is 18.5 Å². The molecule has 5 heterocycles. The van der Waals surface area contributed by atoms with Crippen molar-refractivity contribution in [2.24, 2.45) is 7.05 Å². The molecule has 0 radical (unpaired) electrons. The van der Waals surface area contributed by atoms with Gasteiger partial charge in [0.15, 0.2) is 5.65 Å². The quantitative estimate of drug-likeness (QED) is 0.538. The lowest BCUT2D eigenvalue weighted by atomic mass is 10.2. The number of pyridine rings is 1. The molecule has 1 saturated heterocycles. The Hall–Kier alpha value is -3.53. The first-order valence-electron chi connectivity index (χ1n) is 9.90. The van der Waals surface area contributed by atoms with Crippen LogP contribution in [0, 0.1) is 0 Å². The maximum Gasteiger partial charge on any atom is 0.229 e. The van der Waals surface area contributed by atoms with Gasteiger partial charge in [-0.25, -0.2) is 14.6 Å². The summed E-state index contributed by atoms with van der Waals surface area (Å²) in [5.41, 5.74) is 2.51. The Morgan fingerprint density at radius 2 is 2.10 bits per heavy atom. The van der Waals surface area contributed by atoms with E-state index in [1.807, 2.05) is 36.1 Å². The van der Waals surface area contributed by atoms with Gasteiger partial charge in [0, 0.05) is 26.0 Å². The fourth-order valence-corrected chi connectivity index (χ4v) is 3.59. The molecule has 1 fully saturated rings. The minimum atomic E-state index is 0.306. The molecule has 0 amide bonds. The average Bonchev–Trinajstić information content (AvgIpc) is 3.34. The zero-order valence-corrected chi connectivity index (χ0v) is 16.9. The van der Waals surface area contributed by atoms with E-state index in [4.69, 9.17) is 9.72 Å². The van der Waals surface area contributed by atoms with Crippen LogP contribution in [-0.2, 0) is 18.3 Å². The van der Waals surface area contributed by atoms with Crippen LogP contribution < -0.4 is 10.2 Å². The molecule has 0 bridgehead atoms. The summed E-state index contributed by atoms with van der Waals surface area (Å²) in [5.74, 6) is 1.47. The summed E-state index contributed by atoms with van der Waals surface area (Å²) in [6.45, 7) is 4.98. The standard InChI is InChI=1S/C20H23N9O/c1-14-13-30-7-6-28(14)18-5-3-4-16(24-18)12-29-19-15(9-23-29)8-21-20(26-19)25-17-10-22-27(2)11-17/h3-5,8-11,14H,6-7,12-13H2,1-2H3,(H,21,25,26)/t14-/m1/s1. The highest BCUT2D eigenvalue weighted by Crippen LogP contribution is 2.20. The number of aromatic nitrogens is 7. The topological polar surface area (TPSA) is 98.8 Å². The minimum Gasteiger partial charge on any atom is -0.377 e. The number of rotatable bonds is 5. The Bertz CT molecular complexity index is 1170. The number of ether oxygens (including phenoxy) is 1. The van der Waals surface area contributed by atoms with E-state index in [1.54, 1.807) is 23.3 Å². The first-order chi connectivity index (χ1) is 14.7. The van der Waals surface area contributed by atoms with E-state index in [2.05, 4.69) is 37.3 Å². The number of aryl methyl sites for hydroxylation is 1. The van der Waals surface area contributed by atoms with Gasteiger partial charge in [-0.2, -0.15) is 15.2 Å². The van der Waals surface area contributed by atoms with Crippen molar-refractivity contribution in [3.8, 4) is 0 Å². The first kappa shape index (κ1) is 18.5. The molecule has 1 aliphatic heterocycles. The molecule has 0 aliphatic carbocycles. The van der Waals surface area contributed by atoms with Gasteiger partial charge in [-0.15, -0.1) is 0 Å². The third kappa shape index (κ3) is 3.69. The van der Waals surface area contributed by atoms with Crippen LogP contribution in [0.5, 0.6) is 0 Å². The van der Waals surface area contributed by atoms with Crippen LogP contribution in [0.1, 0.15) is 12.6 Å². The second-order valence-corrected chi connectivity index (χ2v) is 7.41. The van der Waals surface area contributed by atoms with E-state index < -0.39 is 0 Å². The fraction of sp³-hybridized carbons (Fsp3) is 0.350. The summed E-state index contributed by atoms with van der Waals surface area (Å²) in [5, 5.41) is 12.7. The van der Waals surface area contributed by atoms with Crippen molar-refractivity contribution in [3.63, 3.8) is 0 Å². The third-order valence-corrected chi connectivity index (χ3v) is 5.10. The Kier molecular flexibility index (Phi) is 4.75. The lowest BCUT2D eigenvalue weighted by Gasteiger charge is -2.34. The minimum absolute atomic E-state index is 0.306. The summed E-state index contributed by atoms with van der Waals surface area (Å²) in [6, 6.07) is 6.40. The smallest absolute Gasteiger partial charge is 0.229 e. The van der Waals surface area contributed by atoms with Crippen molar-refractivity contribution in [2.45, 2.75) is 19.5 Å². The highest BCUT2D eigenvalue weighted by molar-refractivity contribution is 5.75. The normalized spacial score (nSPS) is 16.9. The fourth-order valence-electron chi connectivity index (χ4n) is 3.59. The lowest BCUT2D eigenvalue weighted by molar-refractivity contribution is 0.0985. The molecule has 30 heavy (non-hydrogen) atoms. The second kappa shape index (κ2) is 7.71. The van der Waals surface area contributed by atoms with Crippen molar-refractivity contribution in [3.05, 3.63) is 48.7 Å². The maximum atomic E-state index is 5.54. The number of anilines is 3. The summed E-state index contributed by atoms with van der Waals surface area (Å²) >= 11 is 0. The number of hydrogen-bond acceptors (Lipinski definition) is 8. The van der Waals surface area contributed by atoms with Gasteiger partial charge >= 0.3 is 0 Å². The molecule has 0 spiro atoms.